The Bertz CT molecular complexity index is 316. The molecule has 0 saturated heterocycles. The van der Waals surface area contributed by atoms with Gasteiger partial charge in [0.1, 0.15) is 0 Å². The third-order valence-corrected chi connectivity index (χ3v) is 2.53. The fourth-order valence-electron chi connectivity index (χ4n) is 1.59. The number of Topliss-reactive ketones (excluding diaryl/α,β-unsaturated/α-hetero) is 1. The van der Waals surface area contributed by atoms with Crippen molar-refractivity contribution < 1.29 is 4.79 Å². The van der Waals surface area contributed by atoms with Gasteiger partial charge in [0.25, 0.3) is 0 Å². The zero-order valence-corrected chi connectivity index (χ0v) is 8.79. The summed E-state index contributed by atoms with van der Waals surface area (Å²) in [5.41, 5.74) is 7.02. The molecule has 0 radical (unpaired) electrons. The summed E-state index contributed by atoms with van der Waals surface area (Å²) in [5, 5.41) is 0. The van der Waals surface area contributed by atoms with Crippen LogP contribution in [0.4, 0.5) is 5.69 Å². The summed E-state index contributed by atoms with van der Waals surface area (Å²) in [7, 11) is 0. The van der Waals surface area contributed by atoms with Crippen molar-refractivity contribution in [3.05, 3.63) is 29.8 Å². The molecule has 0 bridgehead atoms. The molecule has 0 atom stereocenters. The highest BCUT2D eigenvalue weighted by molar-refractivity contribution is 5.98. The first-order valence-corrected chi connectivity index (χ1v) is 5.08. The highest BCUT2D eigenvalue weighted by Crippen LogP contribution is 2.17. The maximum atomic E-state index is 11.9. The maximum Gasteiger partial charge on any atom is 0.165 e. The van der Waals surface area contributed by atoms with E-state index in [2.05, 4.69) is 0 Å². The van der Waals surface area contributed by atoms with Crippen LogP contribution in [0.2, 0.25) is 0 Å². The number of rotatable bonds is 4. The molecular formula is C12H17NO. The lowest BCUT2D eigenvalue weighted by molar-refractivity contribution is 0.0913. The van der Waals surface area contributed by atoms with Crippen LogP contribution in [-0.4, -0.2) is 5.78 Å². The van der Waals surface area contributed by atoms with Crippen molar-refractivity contribution in [2.75, 3.05) is 5.73 Å². The van der Waals surface area contributed by atoms with E-state index in [0.717, 1.165) is 18.4 Å². The molecule has 0 aliphatic heterocycles. The topological polar surface area (TPSA) is 43.1 Å². The van der Waals surface area contributed by atoms with Crippen molar-refractivity contribution in [1.82, 2.24) is 0 Å². The number of carbonyl (C=O) groups excluding carboxylic acids is 1. The van der Waals surface area contributed by atoms with E-state index in [1.54, 1.807) is 12.1 Å². The Labute approximate surface area is 85.1 Å². The standard InChI is InChI=1S/C12H17NO/c1-3-9(4-2)12(14)10-6-5-7-11(13)8-10/h5-9H,3-4,13H2,1-2H3. The fourth-order valence-corrected chi connectivity index (χ4v) is 1.59. The second-order valence-corrected chi connectivity index (χ2v) is 3.50. The molecule has 76 valence electrons. The van der Waals surface area contributed by atoms with Gasteiger partial charge in [0, 0.05) is 17.2 Å². The molecule has 0 fully saturated rings. The van der Waals surface area contributed by atoms with Gasteiger partial charge < -0.3 is 5.73 Å². The Hall–Kier alpha value is -1.31. The minimum atomic E-state index is 0.136. The predicted octanol–water partition coefficient (Wildman–Crippen LogP) is 2.89. The summed E-state index contributed by atoms with van der Waals surface area (Å²) in [5.74, 6) is 0.346. The lowest BCUT2D eigenvalue weighted by Crippen LogP contribution is -2.13. The molecule has 0 aliphatic carbocycles. The Morgan fingerprint density at radius 2 is 2.00 bits per heavy atom. The first-order chi connectivity index (χ1) is 6.69. The van der Waals surface area contributed by atoms with Crippen LogP contribution in [0, 0.1) is 5.92 Å². The van der Waals surface area contributed by atoms with Gasteiger partial charge in [-0.15, -0.1) is 0 Å². The molecule has 0 aliphatic rings. The molecule has 2 N–H and O–H groups in total. The summed E-state index contributed by atoms with van der Waals surface area (Å²) >= 11 is 0. The molecule has 2 nitrogen and oxygen atoms in total. The summed E-state index contributed by atoms with van der Waals surface area (Å²) in [4.78, 5) is 11.9. The van der Waals surface area contributed by atoms with E-state index in [-0.39, 0.29) is 11.7 Å². The van der Waals surface area contributed by atoms with Crippen LogP contribution in [0.3, 0.4) is 0 Å². The van der Waals surface area contributed by atoms with Crippen molar-refractivity contribution in [1.29, 1.82) is 0 Å². The third-order valence-electron chi connectivity index (χ3n) is 2.53. The van der Waals surface area contributed by atoms with Crippen LogP contribution in [0.15, 0.2) is 24.3 Å². The van der Waals surface area contributed by atoms with E-state index in [9.17, 15) is 4.79 Å². The molecule has 0 heterocycles. The average Bonchev–Trinajstić information content (AvgIpc) is 2.19. The summed E-state index contributed by atoms with van der Waals surface area (Å²) in [6, 6.07) is 7.20. The van der Waals surface area contributed by atoms with Gasteiger partial charge in [-0.25, -0.2) is 0 Å². The van der Waals surface area contributed by atoms with E-state index in [1.165, 1.54) is 0 Å². The minimum absolute atomic E-state index is 0.136. The van der Waals surface area contributed by atoms with Crippen LogP contribution in [0.25, 0.3) is 0 Å². The Morgan fingerprint density at radius 1 is 1.36 bits per heavy atom. The van der Waals surface area contributed by atoms with Gasteiger partial charge in [-0.1, -0.05) is 26.0 Å². The van der Waals surface area contributed by atoms with Crippen LogP contribution in [0.1, 0.15) is 37.0 Å². The number of anilines is 1. The second-order valence-electron chi connectivity index (χ2n) is 3.50. The molecule has 1 aromatic carbocycles. The van der Waals surface area contributed by atoms with E-state index < -0.39 is 0 Å². The van der Waals surface area contributed by atoms with E-state index >= 15 is 0 Å². The van der Waals surface area contributed by atoms with Gasteiger partial charge in [-0.3, -0.25) is 4.79 Å². The van der Waals surface area contributed by atoms with E-state index in [1.807, 2.05) is 26.0 Å². The third kappa shape index (κ3) is 2.34. The zero-order chi connectivity index (χ0) is 10.6. The van der Waals surface area contributed by atoms with Gasteiger partial charge in [0.05, 0.1) is 0 Å². The fraction of sp³-hybridized carbons (Fsp3) is 0.417. The summed E-state index contributed by atoms with van der Waals surface area (Å²) < 4.78 is 0. The molecule has 0 aromatic heterocycles. The molecule has 14 heavy (non-hydrogen) atoms. The van der Waals surface area contributed by atoms with Gasteiger partial charge in [0.2, 0.25) is 0 Å². The number of carbonyl (C=O) groups is 1. The molecule has 0 spiro atoms. The first-order valence-electron chi connectivity index (χ1n) is 5.08. The molecule has 0 saturated carbocycles. The maximum absolute atomic E-state index is 11.9. The van der Waals surface area contributed by atoms with E-state index in [0.29, 0.717) is 5.69 Å². The SMILES string of the molecule is CCC(CC)C(=O)c1cccc(N)c1. The summed E-state index contributed by atoms with van der Waals surface area (Å²) in [6.45, 7) is 4.08. The minimum Gasteiger partial charge on any atom is -0.399 e. The highest BCUT2D eigenvalue weighted by atomic mass is 16.1. The van der Waals surface area contributed by atoms with Gasteiger partial charge in [0.15, 0.2) is 5.78 Å². The van der Waals surface area contributed by atoms with Crippen molar-refractivity contribution in [3.63, 3.8) is 0 Å². The van der Waals surface area contributed by atoms with Crippen LogP contribution < -0.4 is 5.73 Å². The van der Waals surface area contributed by atoms with Crippen molar-refractivity contribution in [2.24, 2.45) is 5.92 Å². The largest absolute Gasteiger partial charge is 0.399 e. The number of ketones is 1. The molecule has 0 unspecified atom stereocenters. The monoisotopic (exact) mass is 191 g/mol. The number of nitrogens with two attached hydrogens (primary N) is 1. The molecule has 1 aromatic rings. The number of hydrogen-bond acceptors (Lipinski definition) is 2. The Morgan fingerprint density at radius 3 is 2.50 bits per heavy atom. The van der Waals surface area contributed by atoms with Crippen LogP contribution in [-0.2, 0) is 0 Å². The number of nitrogen functional groups attached to an aromatic ring is 1. The lowest BCUT2D eigenvalue weighted by Gasteiger charge is -2.10. The molecule has 0 amide bonds. The average molecular weight is 191 g/mol. The molecular weight excluding hydrogens is 174 g/mol. The normalized spacial score (nSPS) is 10.5. The number of hydrogen-bond donors (Lipinski definition) is 1. The highest BCUT2D eigenvalue weighted by Gasteiger charge is 2.15. The zero-order valence-electron chi connectivity index (χ0n) is 8.79. The molecule has 1 rings (SSSR count). The van der Waals surface area contributed by atoms with E-state index in [4.69, 9.17) is 5.73 Å². The number of benzene rings is 1. The van der Waals surface area contributed by atoms with Gasteiger partial charge >= 0.3 is 0 Å². The molecule has 2 heteroatoms. The quantitative estimate of drug-likeness (QED) is 0.587. The second kappa shape index (κ2) is 4.80. The predicted molar refractivity (Wildman–Crippen MR) is 59.3 cm³/mol. The van der Waals surface area contributed by atoms with Crippen LogP contribution >= 0.6 is 0 Å². The smallest absolute Gasteiger partial charge is 0.165 e. The van der Waals surface area contributed by atoms with Gasteiger partial charge in [-0.2, -0.15) is 0 Å². The van der Waals surface area contributed by atoms with Crippen LogP contribution in [0.5, 0.6) is 0 Å². The van der Waals surface area contributed by atoms with Crippen molar-refractivity contribution >= 4 is 11.5 Å². The Balaban J connectivity index is 2.88. The first kappa shape index (κ1) is 10.8. The van der Waals surface area contributed by atoms with Gasteiger partial charge in [-0.05, 0) is 25.0 Å². The summed E-state index contributed by atoms with van der Waals surface area (Å²) in [6.07, 6.45) is 1.79. The van der Waals surface area contributed by atoms with Crippen molar-refractivity contribution in [2.45, 2.75) is 26.7 Å². The lowest BCUT2D eigenvalue weighted by atomic mass is 9.93. The van der Waals surface area contributed by atoms with Crippen molar-refractivity contribution in [3.8, 4) is 0 Å². The Kier molecular flexibility index (Phi) is 3.69.